The number of benzene rings is 1. The van der Waals surface area contributed by atoms with Crippen LogP contribution in [0.25, 0.3) is 6.08 Å². The van der Waals surface area contributed by atoms with Gasteiger partial charge in [0.1, 0.15) is 0 Å². The molecule has 0 spiro atoms. The number of fused-ring (bicyclic) bond motifs is 1. The van der Waals surface area contributed by atoms with Crippen LogP contribution in [0.2, 0.25) is 5.02 Å². The van der Waals surface area contributed by atoms with Gasteiger partial charge in [0, 0.05) is 5.02 Å². The van der Waals surface area contributed by atoms with Crippen LogP contribution in [0.4, 0.5) is 0 Å². The molecule has 10 heteroatoms. The van der Waals surface area contributed by atoms with E-state index >= 15 is 0 Å². The van der Waals surface area contributed by atoms with Gasteiger partial charge >= 0.3 is 0 Å². The van der Waals surface area contributed by atoms with Gasteiger partial charge in [0.25, 0.3) is 5.91 Å². The third-order valence-electron chi connectivity index (χ3n) is 3.44. The fourth-order valence-corrected chi connectivity index (χ4v) is 5.25. The number of halogens is 1. The molecule has 1 N–H and O–H groups in total. The topological polar surface area (TPSA) is 103 Å². The van der Waals surface area contributed by atoms with Gasteiger partial charge in [-0.2, -0.15) is 10.0 Å². The van der Waals surface area contributed by atoms with Crippen LogP contribution >= 0.6 is 23.4 Å². The molecule has 0 aromatic heterocycles. The average Bonchev–Trinajstić information content (AvgIpc) is 2.97. The molecule has 0 fully saturated rings. The van der Waals surface area contributed by atoms with Crippen molar-refractivity contribution in [3.63, 3.8) is 0 Å². The lowest BCUT2D eigenvalue weighted by atomic mass is 10.1. The normalized spacial score (nSPS) is 19.1. The van der Waals surface area contributed by atoms with Gasteiger partial charge in [-0.15, -0.1) is 5.10 Å². The molecule has 0 unspecified atom stereocenters. The molecule has 1 amide bonds. The Morgan fingerprint density at radius 3 is 2.58 bits per heavy atom. The van der Waals surface area contributed by atoms with E-state index in [-0.39, 0.29) is 32.6 Å². The summed E-state index contributed by atoms with van der Waals surface area (Å²) in [6.07, 6.45) is 1.50. The molecule has 0 bridgehead atoms. The van der Waals surface area contributed by atoms with Gasteiger partial charge in [-0.3, -0.25) is 10.2 Å². The van der Waals surface area contributed by atoms with Crippen molar-refractivity contribution in [3.8, 4) is 0 Å². The van der Waals surface area contributed by atoms with Crippen molar-refractivity contribution < 1.29 is 13.2 Å². The minimum Gasteiger partial charge on any atom is -0.282 e. The van der Waals surface area contributed by atoms with Crippen LogP contribution in [0.3, 0.4) is 0 Å². The highest BCUT2D eigenvalue weighted by Gasteiger charge is 2.39. The number of amidine groups is 2. The molecule has 7 nitrogen and oxygen atoms in total. The van der Waals surface area contributed by atoms with Crippen LogP contribution in [0, 0.1) is 11.3 Å². The zero-order chi connectivity index (χ0) is 19.1. The summed E-state index contributed by atoms with van der Waals surface area (Å²) in [5.74, 6) is -0.947. The molecule has 136 valence electrons. The molecule has 3 rings (SSSR count). The fraction of sp³-hybridized carbons (Fsp3) is 0.250. The van der Waals surface area contributed by atoms with E-state index in [0.717, 1.165) is 16.8 Å². The third-order valence-corrected chi connectivity index (χ3v) is 7.12. The predicted octanol–water partition coefficient (Wildman–Crippen LogP) is 2.99. The van der Waals surface area contributed by atoms with Crippen LogP contribution in [0.5, 0.6) is 0 Å². The predicted molar refractivity (Wildman–Crippen MR) is 105 cm³/mol. The fourth-order valence-electron chi connectivity index (χ4n) is 2.34. The molecule has 2 aliphatic rings. The Bertz CT molecular complexity index is 979. The molecule has 0 atom stereocenters. The van der Waals surface area contributed by atoms with Gasteiger partial charge in [-0.1, -0.05) is 37.6 Å². The Kier molecular flexibility index (Phi) is 5.05. The summed E-state index contributed by atoms with van der Waals surface area (Å²) < 4.78 is 24.6. The second kappa shape index (κ2) is 6.98. The Morgan fingerprint density at radius 1 is 1.31 bits per heavy atom. The standard InChI is InChI=1S/C16H15ClN4O3S2/c1-9(2)8-26(23,24)16-20-21-13(18)12(14(22)19-15(21)25-16)7-10-3-5-11(17)6-4-10/h3-7,9,18H,8H2,1-2H3/b12-7-,18-13?. The first-order valence-electron chi connectivity index (χ1n) is 7.66. The zero-order valence-corrected chi connectivity index (χ0v) is 16.3. The van der Waals surface area contributed by atoms with Gasteiger partial charge in [0.05, 0.1) is 11.3 Å². The number of rotatable bonds is 3. The van der Waals surface area contributed by atoms with Gasteiger partial charge in [-0.05, 0) is 41.5 Å². The summed E-state index contributed by atoms with van der Waals surface area (Å²) in [7, 11) is -3.59. The molecule has 2 aliphatic heterocycles. The van der Waals surface area contributed by atoms with Gasteiger partial charge in [-0.25, -0.2) is 8.42 Å². The van der Waals surface area contributed by atoms with E-state index in [1.807, 2.05) is 0 Å². The Labute approximate surface area is 160 Å². The first-order chi connectivity index (χ1) is 12.2. The number of sulfone groups is 1. The van der Waals surface area contributed by atoms with E-state index in [4.69, 9.17) is 17.0 Å². The van der Waals surface area contributed by atoms with E-state index in [1.165, 1.54) is 6.08 Å². The van der Waals surface area contributed by atoms with Crippen LogP contribution < -0.4 is 0 Å². The largest absolute Gasteiger partial charge is 0.283 e. The highest BCUT2D eigenvalue weighted by atomic mass is 35.5. The zero-order valence-electron chi connectivity index (χ0n) is 13.9. The summed E-state index contributed by atoms with van der Waals surface area (Å²) in [5.41, 5.74) is 0.701. The molecular formula is C16H15ClN4O3S2. The van der Waals surface area contributed by atoms with E-state index in [9.17, 15) is 13.2 Å². The van der Waals surface area contributed by atoms with Crippen LogP contribution in [0.1, 0.15) is 19.4 Å². The Balaban J connectivity index is 1.94. The SMILES string of the molecule is CC(C)CS(=O)(=O)C1=NN2C(=N)/C(=C/c3ccc(Cl)cc3)C(=O)N=C2S1. The number of thioether (sulfide) groups is 1. The number of hydrogen-bond donors (Lipinski definition) is 1. The summed E-state index contributed by atoms with van der Waals surface area (Å²) in [5, 5.41) is 14.0. The van der Waals surface area contributed by atoms with Crippen molar-refractivity contribution in [2.45, 2.75) is 13.8 Å². The lowest BCUT2D eigenvalue weighted by molar-refractivity contribution is -0.114. The van der Waals surface area contributed by atoms with E-state index in [0.29, 0.717) is 10.6 Å². The van der Waals surface area contributed by atoms with E-state index in [1.54, 1.807) is 38.1 Å². The van der Waals surface area contributed by atoms with Crippen molar-refractivity contribution in [3.05, 3.63) is 40.4 Å². The van der Waals surface area contributed by atoms with Gasteiger partial charge in [0.15, 0.2) is 5.84 Å². The highest BCUT2D eigenvalue weighted by molar-refractivity contribution is 8.42. The number of nitrogens with one attached hydrogen (secondary N) is 1. The minimum atomic E-state index is -3.59. The summed E-state index contributed by atoms with van der Waals surface area (Å²) in [4.78, 5) is 16.2. The number of aliphatic imine (C=N–C) groups is 1. The smallest absolute Gasteiger partial charge is 0.282 e. The van der Waals surface area contributed by atoms with Crippen LogP contribution in [0.15, 0.2) is 39.9 Å². The lowest BCUT2D eigenvalue weighted by Crippen LogP contribution is -2.35. The lowest BCUT2D eigenvalue weighted by Gasteiger charge is -2.20. The minimum absolute atomic E-state index is 0.0305. The molecule has 0 aliphatic carbocycles. The Morgan fingerprint density at radius 2 is 1.96 bits per heavy atom. The van der Waals surface area contributed by atoms with Crippen molar-refractivity contribution in [2.75, 3.05) is 5.75 Å². The monoisotopic (exact) mass is 410 g/mol. The maximum Gasteiger partial charge on any atom is 0.283 e. The third kappa shape index (κ3) is 3.74. The number of carbonyl (C=O) groups is 1. The summed E-state index contributed by atoms with van der Waals surface area (Å²) in [6, 6.07) is 6.74. The number of hydrogen-bond acceptors (Lipinski definition) is 6. The van der Waals surface area contributed by atoms with Crippen LogP contribution in [-0.2, 0) is 14.6 Å². The van der Waals surface area contributed by atoms with Crippen molar-refractivity contribution in [2.24, 2.45) is 16.0 Å². The second-order valence-electron chi connectivity index (χ2n) is 6.11. The molecule has 0 saturated heterocycles. The number of carbonyl (C=O) groups excluding carboxylic acids is 1. The molecule has 0 saturated carbocycles. The maximum atomic E-state index is 12.4. The summed E-state index contributed by atoms with van der Waals surface area (Å²) >= 11 is 6.63. The van der Waals surface area contributed by atoms with Crippen molar-refractivity contribution >= 4 is 60.6 Å². The molecule has 1 aromatic carbocycles. The highest BCUT2D eigenvalue weighted by Crippen LogP contribution is 2.31. The first-order valence-corrected chi connectivity index (χ1v) is 10.5. The number of nitrogens with zero attached hydrogens (tertiary/aromatic N) is 3. The van der Waals surface area contributed by atoms with E-state index in [2.05, 4.69) is 10.1 Å². The first kappa shape index (κ1) is 18.8. The van der Waals surface area contributed by atoms with E-state index < -0.39 is 15.7 Å². The maximum absolute atomic E-state index is 12.4. The van der Waals surface area contributed by atoms with Crippen molar-refractivity contribution in [1.29, 1.82) is 5.41 Å². The molecule has 1 aromatic rings. The molecule has 26 heavy (non-hydrogen) atoms. The second-order valence-corrected chi connectivity index (χ2v) is 9.71. The van der Waals surface area contributed by atoms with Crippen LogP contribution in [-0.4, -0.2) is 40.5 Å². The number of amides is 1. The molecule has 0 radical (unpaired) electrons. The average molecular weight is 411 g/mol. The quantitative estimate of drug-likeness (QED) is 0.771. The summed E-state index contributed by atoms with van der Waals surface area (Å²) in [6.45, 7) is 3.59. The molecular weight excluding hydrogens is 396 g/mol. The van der Waals surface area contributed by atoms with Gasteiger partial charge < -0.3 is 0 Å². The van der Waals surface area contributed by atoms with Crippen molar-refractivity contribution in [1.82, 2.24) is 5.01 Å². The number of hydrazone groups is 1. The molecule has 2 heterocycles. The van der Waals surface area contributed by atoms with Gasteiger partial charge in [0.2, 0.25) is 19.4 Å². The Hall–Kier alpha value is -1.97.